The first-order valence-corrected chi connectivity index (χ1v) is 12.8. The highest BCUT2D eigenvalue weighted by Crippen LogP contribution is 2.25. The molecule has 0 aliphatic heterocycles. The number of nitrogens with one attached hydrogen (secondary N) is 1. The normalized spacial score (nSPS) is 11.9. The van der Waals surface area contributed by atoms with Crippen LogP contribution >= 0.6 is 0 Å². The van der Waals surface area contributed by atoms with Crippen molar-refractivity contribution in [1.29, 1.82) is 0 Å². The van der Waals surface area contributed by atoms with Gasteiger partial charge in [0, 0.05) is 32.4 Å². The SMILES string of the molecule is Cc1ccc(S(=O)(=O)N(C)C)cc1NC(=O)c1cccc(S(=O)(=O)N(C)c2ccccc2)c1. The molecule has 1 amide bonds. The van der Waals surface area contributed by atoms with Gasteiger partial charge in [-0.25, -0.2) is 21.1 Å². The van der Waals surface area contributed by atoms with E-state index in [9.17, 15) is 21.6 Å². The third-order valence-corrected chi connectivity index (χ3v) is 8.70. The van der Waals surface area contributed by atoms with Crippen LogP contribution in [-0.4, -0.2) is 48.2 Å². The number of nitrogens with zero attached hydrogens (tertiary/aromatic N) is 2. The van der Waals surface area contributed by atoms with Crippen LogP contribution in [-0.2, 0) is 20.0 Å². The molecule has 0 unspecified atom stereocenters. The third-order valence-electron chi connectivity index (χ3n) is 5.11. The number of para-hydroxylation sites is 1. The summed E-state index contributed by atoms with van der Waals surface area (Å²) >= 11 is 0. The predicted molar refractivity (Wildman–Crippen MR) is 128 cm³/mol. The second-order valence-electron chi connectivity index (χ2n) is 7.55. The molecule has 33 heavy (non-hydrogen) atoms. The van der Waals surface area contributed by atoms with E-state index in [0.29, 0.717) is 16.9 Å². The smallest absolute Gasteiger partial charge is 0.264 e. The lowest BCUT2D eigenvalue weighted by atomic mass is 10.1. The van der Waals surface area contributed by atoms with E-state index >= 15 is 0 Å². The number of rotatable bonds is 7. The number of sulfonamides is 2. The summed E-state index contributed by atoms with van der Waals surface area (Å²) in [7, 11) is -3.29. The Hall–Kier alpha value is -3.21. The molecular formula is C23H25N3O5S2. The minimum absolute atomic E-state index is 0.0363. The molecule has 0 aliphatic rings. The number of benzene rings is 3. The van der Waals surface area contributed by atoms with E-state index < -0.39 is 26.0 Å². The lowest BCUT2D eigenvalue weighted by Gasteiger charge is -2.20. The molecule has 1 N–H and O–H groups in total. The molecule has 3 aromatic carbocycles. The van der Waals surface area contributed by atoms with E-state index in [1.165, 1.54) is 57.5 Å². The van der Waals surface area contributed by atoms with Gasteiger partial charge in [0.25, 0.3) is 15.9 Å². The molecule has 8 nitrogen and oxygen atoms in total. The zero-order chi connectivity index (χ0) is 24.4. The fourth-order valence-electron chi connectivity index (χ4n) is 3.03. The maximum Gasteiger partial charge on any atom is 0.264 e. The molecule has 3 aromatic rings. The summed E-state index contributed by atoms with van der Waals surface area (Å²) in [6.07, 6.45) is 0. The average molecular weight is 488 g/mol. The number of anilines is 2. The Morgan fingerprint density at radius 1 is 0.758 bits per heavy atom. The zero-order valence-corrected chi connectivity index (χ0v) is 20.3. The minimum Gasteiger partial charge on any atom is -0.322 e. The summed E-state index contributed by atoms with van der Waals surface area (Å²) in [6.45, 7) is 1.73. The maximum atomic E-state index is 13.1. The van der Waals surface area contributed by atoms with Gasteiger partial charge in [-0.15, -0.1) is 0 Å². The lowest BCUT2D eigenvalue weighted by molar-refractivity contribution is 0.102. The van der Waals surface area contributed by atoms with Crippen molar-refractivity contribution in [3.63, 3.8) is 0 Å². The van der Waals surface area contributed by atoms with Gasteiger partial charge in [-0.3, -0.25) is 9.10 Å². The Morgan fingerprint density at radius 2 is 1.39 bits per heavy atom. The van der Waals surface area contributed by atoms with E-state index in [1.54, 1.807) is 43.3 Å². The molecule has 0 fully saturated rings. The highest BCUT2D eigenvalue weighted by molar-refractivity contribution is 7.92. The average Bonchev–Trinajstić information content (AvgIpc) is 2.80. The minimum atomic E-state index is -3.90. The van der Waals surface area contributed by atoms with Gasteiger partial charge in [0.1, 0.15) is 0 Å². The quantitative estimate of drug-likeness (QED) is 0.551. The van der Waals surface area contributed by atoms with Crippen molar-refractivity contribution in [2.24, 2.45) is 0 Å². The van der Waals surface area contributed by atoms with Gasteiger partial charge >= 0.3 is 0 Å². The van der Waals surface area contributed by atoms with Crippen molar-refractivity contribution < 1.29 is 21.6 Å². The van der Waals surface area contributed by atoms with Crippen molar-refractivity contribution in [2.45, 2.75) is 16.7 Å². The highest BCUT2D eigenvalue weighted by Gasteiger charge is 2.23. The number of aryl methyl sites for hydroxylation is 1. The topological polar surface area (TPSA) is 104 Å². The van der Waals surface area contributed by atoms with Crippen molar-refractivity contribution in [3.8, 4) is 0 Å². The summed E-state index contributed by atoms with van der Waals surface area (Å²) in [4.78, 5) is 12.9. The number of amides is 1. The molecule has 0 aromatic heterocycles. The van der Waals surface area contributed by atoms with E-state index in [0.717, 1.165) is 8.61 Å². The van der Waals surface area contributed by atoms with Crippen molar-refractivity contribution in [1.82, 2.24) is 4.31 Å². The number of carbonyl (C=O) groups is 1. The van der Waals surface area contributed by atoms with E-state index in [4.69, 9.17) is 0 Å². The van der Waals surface area contributed by atoms with E-state index in [1.807, 2.05) is 0 Å². The number of carbonyl (C=O) groups excluding carboxylic acids is 1. The fraction of sp³-hybridized carbons (Fsp3) is 0.174. The van der Waals surface area contributed by atoms with Gasteiger partial charge in [-0.05, 0) is 55.0 Å². The standard InChI is InChI=1S/C23H25N3O5S2/c1-17-13-14-21(32(28,29)25(2)3)16-22(17)24-23(27)18-9-8-12-20(15-18)33(30,31)26(4)19-10-6-5-7-11-19/h5-16H,1-4H3,(H,24,27). The summed E-state index contributed by atoms with van der Waals surface area (Å²) < 4.78 is 53.2. The van der Waals surface area contributed by atoms with Crippen molar-refractivity contribution in [2.75, 3.05) is 30.8 Å². The van der Waals surface area contributed by atoms with Crippen LogP contribution in [0.2, 0.25) is 0 Å². The Bertz CT molecular complexity index is 1390. The van der Waals surface area contributed by atoms with E-state index in [2.05, 4.69) is 5.32 Å². The second-order valence-corrected chi connectivity index (χ2v) is 11.7. The summed E-state index contributed by atoms with van der Waals surface area (Å²) in [5.74, 6) is -0.558. The van der Waals surface area contributed by atoms with Crippen molar-refractivity contribution >= 4 is 37.3 Å². The first kappa shape index (κ1) is 24.4. The zero-order valence-electron chi connectivity index (χ0n) is 18.7. The second kappa shape index (κ2) is 9.34. The molecule has 174 valence electrons. The molecular weight excluding hydrogens is 462 g/mol. The molecule has 3 rings (SSSR count). The van der Waals surface area contributed by atoms with Crippen LogP contribution in [0.4, 0.5) is 11.4 Å². The Balaban J connectivity index is 1.91. The summed E-state index contributed by atoms with van der Waals surface area (Å²) in [5, 5.41) is 2.69. The number of hydrogen-bond donors (Lipinski definition) is 1. The van der Waals surface area contributed by atoms with Crippen LogP contribution < -0.4 is 9.62 Å². The van der Waals surface area contributed by atoms with Crippen molar-refractivity contribution in [3.05, 3.63) is 83.9 Å². The molecule has 0 spiro atoms. The predicted octanol–water partition coefficient (Wildman–Crippen LogP) is 3.32. The van der Waals surface area contributed by atoms with Crippen LogP contribution in [0, 0.1) is 6.92 Å². The van der Waals surface area contributed by atoms with Crippen LogP contribution in [0.3, 0.4) is 0 Å². The van der Waals surface area contributed by atoms with E-state index in [-0.39, 0.29) is 15.4 Å². The molecule has 0 saturated carbocycles. The van der Waals surface area contributed by atoms with Crippen LogP contribution in [0.25, 0.3) is 0 Å². The first-order valence-electron chi connectivity index (χ1n) is 9.93. The van der Waals surface area contributed by atoms with Crippen LogP contribution in [0.5, 0.6) is 0 Å². The Kier molecular flexibility index (Phi) is 6.92. The lowest BCUT2D eigenvalue weighted by Crippen LogP contribution is -2.26. The fourth-order valence-corrected chi connectivity index (χ4v) is 5.20. The Morgan fingerprint density at radius 3 is 2.03 bits per heavy atom. The number of hydrogen-bond acceptors (Lipinski definition) is 5. The highest BCUT2D eigenvalue weighted by atomic mass is 32.2. The monoisotopic (exact) mass is 487 g/mol. The van der Waals surface area contributed by atoms with Gasteiger partial charge in [0.15, 0.2) is 0 Å². The third kappa shape index (κ3) is 5.08. The van der Waals surface area contributed by atoms with Gasteiger partial charge in [-0.2, -0.15) is 0 Å². The van der Waals surface area contributed by atoms with Crippen LogP contribution in [0.15, 0.2) is 82.6 Å². The summed E-state index contributed by atoms with van der Waals surface area (Å²) in [6, 6.07) is 18.7. The maximum absolute atomic E-state index is 13.1. The van der Waals surface area contributed by atoms with Crippen LogP contribution in [0.1, 0.15) is 15.9 Å². The summed E-state index contributed by atoms with van der Waals surface area (Å²) in [5.41, 5.74) is 1.59. The van der Waals surface area contributed by atoms with Gasteiger partial charge in [0.2, 0.25) is 10.0 Å². The molecule has 0 saturated heterocycles. The molecule has 10 heteroatoms. The molecule has 0 heterocycles. The first-order chi connectivity index (χ1) is 15.4. The van der Waals surface area contributed by atoms with Gasteiger partial charge < -0.3 is 5.32 Å². The van der Waals surface area contributed by atoms with Gasteiger partial charge in [-0.1, -0.05) is 30.3 Å². The molecule has 0 aliphatic carbocycles. The van der Waals surface area contributed by atoms with Gasteiger partial charge in [0.05, 0.1) is 15.5 Å². The largest absolute Gasteiger partial charge is 0.322 e. The Labute approximate surface area is 194 Å². The molecule has 0 bridgehead atoms. The molecule has 0 atom stereocenters. The molecule has 0 radical (unpaired) electrons.